The summed E-state index contributed by atoms with van der Waals surface area (Å²) in [5.74, 6) is 0.0130. The van der Waals surface area contributed by atoms with E-state index < -0.39 is 0 Å². The zero-order chi connectivity index (χ0) is 17.4. The van der Waals surface area contributed by atoms with Crippen LogP contribution in [0.5, 0.6) is 0 Å². The van der Waals surface area contributed by atoms with Gasteiger partial charge in [-0.05, 0) is 37.1 Å². The molecule has 0 radical (unpaired) electrons. The van der Waals surface area contributed by atoms with Gasteiger partial charge >= 0.3 is 0 Å². The lowest BCUT2D eigenvalue weighted by atomic mass is 10.0. The molecule has 1 saturated heterocycles. The second kappa shape index (κ2) is 6.20. The van der Waals surface area contributed by atoms with Gasteiger partial charge in [-0.2, -0.15) is 0 Å². The number of para-hydroxylation sites is 1. The maximum absolute atomic E-state index is 12.8. The van der Waals surface area contributed by atoms with Crippen molar-refractivity contribution in [3.63, 3.8) is 0 Å². The number of benzene rings is 1. The molecule has 6 nitrogen and oxygen atoms in total. The highest BCUT2D eigenvalue weighted by atomic mass is 16.2. The molecular weight excluding hydrogens is 316 g/mol. The zero-order valence-corrected chi connectivity index (χ0v) is 14.1. The zero-order valence-electron chi connectivity index (χ0n) is 14.1. The molecule has 3 heterocycles. The maximum Gasteiger partial charge on any atom is 0.270 e. The van der Waals surface area contributed by atoms with Gasteiger partial charge in [-0.3, -0.25) is 14.2 Å². The minimum Gasteiger partial charge on any atom is -0.347 e. The maximum atomic E-state index is 12.8. The minimum atomic E-state index is -0.0393. The van der Waals surface area contributed by atoms with Crippen molar-refractivity contribution in [2.75, 3.05) is 13.1 Å². The van der Waals surface area contributed by atoms with Gasteiger partial charge in [-0.15, -0.1) is 0 Å². The standard InChI is InChI=1S/C19H20N4O2/c1-21-10-5-9-17(21)19(25)22-11-4-6-14(12-22)23-13-20-16-8-3-2-7-15(16)18(23)24/h2-3,5,7-10,13-14H,4,6,11-12H2,1H3/t14-/m0/s1. The van der Waals surface area contributed by atoms with Crippen molar-refractivity contribution in [2.24, 2.45) is 7.05 Å². The van der Waals surface area contributed by atoms with Gasteiger partial charge in [-0.1, -0.05) is 12.1 Å². The van der Waals surface area contributed by atoms with Gasteiger partial charge in [0.1, 0.15) is 5.69 Å². The van der Waals surface area contributed by atoms with Crippen molar-refractivity contribution in [1.82, 2.24) is 19.0 Å². The molecule has 6 heteroatoms. The fraction of sp³-hybridized carbons (Fsp3) is 0.316. The highest BCUT2D eigenvalue weighted by molar-refractivity contribution is 5.92. The van der Waals surface area contributed by atoms with Crippen LogP contribution in [0.25, 0.3) is 10.9 Å². The van der Waals surface area contributed by atoms with E-state index in [1.807, 2.05) is 53.0 Å². The summed E-state index contributed by atoms with van der Waals surface area (Å²) < 4.78 is 3.52. The Morgan fingerprint density at radius 3 is 2.84 bits per heavy atom. The first-order valence-electron chi connectivity index (χ1n) is 8.51. The van der Waals surface area contributed by atoms with Gasteiger partial charge in [0.15, 0.2) is 0 Å². The molecule has 0 spiro atoms. The number of rotatable bonds is 2. The van der Waals surface area contributed by atoms with E-state index in [2.05, 4.69) is 4.98 Å². The van der Waals surface area contributed by atoms with Gasteiger partial charge in [0.05, 0.1) is 23.3 Å². The number of fused-ring (bicyclic) bond motifs is 1. The normalized spacial score (nSPS) is 17.8. The Labute approximate surface area is 145 Å². The molecule has 0 bridgehead atoms. The van der Waals surface area contributed by atoms with E-state index in [9.17, 15) is 9.59 Å². The Morgan fingerprint density at radius 1 is 1.20 bits per heavy atom. The lowest BCUT2D eigenvalue weighted by Gasteiger charge is -2.33. The Kier molecular flexibility index (Phi) is 3.87. The molecular formula is C19H20N4O2. The largest absolute Gasteiger partial charge is 0.347 e. The summed E-state index contributed by atoms with van der Waals surface area (Å²) in [4.78, 5) is 31.8. The number of aryl methyl sites for hydroxylation is 1. The molecule has 1 aliphatic heterocycles. The van der Waals surface area contributed by atoms with E-state index in [0.717, 1.165) is 19.4 Å². The average Bonchev–Trinajstić information content (AvgIpc) is 3.08. The molecule has 1 atom stereocenters. The lowest BCUT2D eigenvalue weighted by Crippen LogP contribution is -2.43. The molecule has 4 rings (SSSR count). The molecule has 0 saturated carbocycles. The van der Waals surface area contributed by atoms with E-state index in [1.54, 1.807) is 17.0 Å². The topological polar surface area (TPSA) is 60.1 Å². The summed E-state index contributed by atoms with van der Waals surface area (Å²) in [5, 5.41) is 0.621. The predicted molar refractivity (Wildman–Crippen MR) is 95.6 cm³/mol. The molecule has 0 aliphatic carbocycles. The van der Waals surface area contributed by atoms with Crippen LogP contribution in [0.4, 0.5) is 0 Å². The van der Waals surface area contributed by atoms with E-state index in [-0.39, 0.29) is 17.5 Å². The van der Waals surface area contributed by atoms with E-state index in [4.69, 9.17) is 0 Å². The number of likely N-dealkylation sites (tertiary alicyclic amines) is 1. The summed E-state index contributed by atoms with van der Waals surface area (Å²) in [7, 11) is 1.87. The van der Waals surface area contributed by atoms with E-state index in [0.29, 0.717) is 23.1 Å². The third kappa shape index (κ3) is 2.73. The molecule has 1 aliphatic rings. The number of nitrogens with zero attached hydrogens (tertiary/aromatic N) is 4. The fourth-order valence-electron chi connectivity index (χ4n) is 3.55. The van der Waals surface area contributed by atoms with Gasteiger partial charge in [0.25, 0.3) is 11.5 Å². The highest BCUT2D eigenvalue weighted by Gasteiger charge is 2.27. The van der Waals surface area contributed by atoms with Crippen LogP contribution in [0, 0.1) is 0 Å². The fourth-order valence-corrected chi connectivity index (χ4v) is 3.55. The average molecular weight is 336 g/mol. The number of hydrogen-bond donors (Lipinski definition) is 0. The first-order valence-corrected chi connectivity index (χ1v) is 8.51. The molecule has 1 aromatic carbocycles. The van der Waals surface area contributed by atoms with Gasteiger partial charge < -0.3 is 9.47 Å². The van der Waals surface area contributed by atoms with Crippen molar-refractivity contribution in [2.45, 2.75) is 18.9 Å². The van der Waals surface area contributed by atoms with Gasteiger partial charge in [0.2, 0.25) is 0 Å². The first kappa shape index (κ1) is 15.6. The summed E-state index contributed by atoms with van der Waals surface area (Å²) in [6.07, 6.45) is 5.23. The van der Waals surface area contributed by atoms with Crippen molar-refractivity contribution < 1.29 is 4.79 Å². The Morgan fingerprint density at radius 2 is 2.04 bits per heavy atom. The second-order valence-electron chi connectivity index (χ2n) is 6.53. The van der Waals surface area contributed by atoms with E-state index >= 15 is 0 Å². The number of piperidine rings is 1. The van der Waals surface area contributed by atoms with Crippen LogP contribution in [0.2, 0.25) is 0 Å². The molecule has 25 heavy (non-hydrogen) atoms. The van der Waals surface area contributed by atoms with Crippen LogP contribution in [0.1, 0.15) is 29.4 Å². The monoisotopic (exact) mass is 336 g/mol. The molecule has 1 amide bonds. The van der Waals surface area contributed by atoms with Crippen LogP contribution >= 0.6 is 0 Å². The smallest absolute Gasteiger partial charge is 0.270 e. The summed E-state index contributed by atoms with van der Waals surface area (Å²) in [5.41, 5.74) is 1.34. The van der Waals surface area contributed by atoms with Gasteiger partial charge in [0, 0.05) is 26.3 Å². The molecule has 3 aromatic rings. The lowest BCUT2D eigenvalue weighted by molar-refractivity contribution is 0.0667. The second-order valence-corrected chi connectivity index (χ2v) is 6.53. The van der Waals surface area contributed by atoms with Crippen LogP contribution in [-0.2, 0) is 7.05 Å². The molecule has 0 N–H and O–H groups in total. The first-order chi connectivity index (χ1) is 12.1. The third-order valence-electron chi connectivity index (χ3n) is 4.93. The Bertz CT molecular complexity index is 988. The minimum absolute atomic E-state index is 0.0130. The summed E-state index contributed by atoms with van der Waals surface area (Å²) in [6.45, 7) is 1.25. The SMILES string of the molecule is Cn1cccc1C(=O)N1CCC[C@H](n2cnc3ccccc3c2=O)C1. The number of carbonyl (C=O) groups excluding carboxylic acids is 1. The number of carbonyl (C=O) groups is 1. The van der Waals surface area contributed by atoms with Crippen LogP contribution in [-0.4, -0.2) is 38.0 Å². The Hall–Kier alpha value is -2.89. The molecule has 0 unspecified atom stereocenters. The highest BCUT2D eigenvalue weighted by Crippen LogP contribution is 2.22. The number of hydrogen-bond acceptors (Lipinski definition) is 3. The van der Waals surface area contributed by atoms with Crippen molar-refractivity contribution >= 4 is 16.8 Å². The van der Waals surface area contributed by atoms with Crippen molar-refractivity contribution in [3.8, 4) is 0 Å². The van der Waals surface area contributed by atoms with E-state index in [1.165, 1.54) is 0 Å². The third-order valence-corrected chi connectivity index (χ3v) is 4.93. The van der Waals surface area contributed by atoms with Crippen molar-refractivity contribution in [1.29, 1.82) is 0 Å². The molecule has 1 fully saturated rings. The van der Waals surface area contributed by atoms with Crippen molar-refractivity contribution in [3.05, 3.63) is 65.0 Å². The van der Waals surface area contributed by atoms with Gasteiger partial charge in [-0.25, -0.2) is 4.98 Å². The predicted octanol–water partition coefficient (Wildman–Crippen LogP) is 2.21. The van der Waals surface area contributed by atoms with Crippen LogP contribution in [0.3, 0.4) is 0 Å². The number of amides is 1. The van der Waals surface area contributed by atoms with Crippen LogP contribution in [0.15, 0.2) is 53.7 Å². The van der Waals surface area contributed by atoms with Crippen LogP contribution < -0.4 is 5.56 Å². The summed E-state index contributed by atoms with van der Waals surface area (Å²) in [6, 6.07) is 11.0. The Balaban J connectivity index is 1.64. The number of aromatic nitrogens is 3. The summed E-state index contributed by atoms with van der Waals surface area (Å²) >= 11 is 0. The quantitative estimate of drug-likeness (QED) is 0.721. The molecule has 128 valence electrons. The molecule has 2 aromatic heterocycles.